The number of hydrogen-bond donors (Lipinski definition) is 0. The molecule has 1 aliphatic carbocycles. The van der Waals surface area contributed by atoms with E-state index >= 15 is 0 Å². The summed E-state index contributed by atoms with van der Waals surface area (Å²) in [7, 11) is 1.79. The van der Waals surface area contributed by atoms with Crippen molar-refractivity contribution in [2.24, 2.45) is 0 Å². The Bertz CT molecular complexity index is 385. The van der Waals surface area contributed by atoms with E-state index in [0.717, 1.165) is 26.1 Å². The van der Waals surface area contributed by atoms with E-state index in [1.165, 1.54) is 12.0 Å². The molecule has 2 heterocycles. The molecule has 4 heteroatoms. The zero-order valence-corrected chi connectivity index (χ0v) is 10.8. The molecule has 0 radical (unpaired) electrons. The molecule has 2 aliphatic rings. The minimum Gasteiger partial charge on any atom is -0.379 e. The van der Waals surface area contributed by atoms with Crippen molar-refractivity contribution in [1.82, 2.24) is 9.88 Å². The molecule has 1 saturated carbocycles. The van der Waals surface area contributed by atoms with Gasteiger partial charge in [0.1, 0.15) is 0 Å². The summed E-state index contributed by atoms with van der Waals surface area (Å²) in [6.45, 7) is 2.78. The molecule has 1 saturated heterocycles. The topological polar surface area (TPSA) is 34.6 Å². The molecular weight excluding hydrogens is 228 g/mol. The minimum absolute atomic E-state index is 0.250. The fraction of sp³-hybridized carbons (Fsp3) is 0.643. The van der Waals surface area contributed by atoms with E-state index in [-0.39, 0.29) is 12.2 Å². The van der Waals surface area contributed by atoms with Crippen LogP contribution in [0, 0.1) is 0 Å². The van der Waals surface area contributed by atoms with Crippen molar-refractivity contribution in [3.05, 3.63) is 30.1 Å². The van der Waals surface area contributed by atoms with E-state index in [9.17, 15) is 0 Å². The average molecular weight is 248 g/mol. The third-order valence-corrected chi connectivity index (χ3v) is 4.06. The molecule has 0 spiro atoms. The minimum atomic E-state index is 0.250. The van der Waals surface area contributed by atoms with Crippen molar-refractivity contribution in [1.29, 1.82) is 0 Å². The summed E-state index contributed by atoms with van der Waals surface area (Å²) in [5, 5.41) is 0. The van der Waals surface area contributed by atoms with Crippen LogP contribution in [0.5, 0.6) is 0 Å². The lowest BCUT2D eigenvalue weighted by Crippen LogP contribution is -2.51. The largest absolute Gasteiger partial charge is 0.379 e. The molecular formula is C14H20N2O2. The summed E-state index contributed by atoms with van der Waals surface area (Å²) in [6.07, 6.45) is 6.57. The van der Waals surface area contributed by atoms with Crippen LogP contribution in [0.25, 0.3) is 0 Å². The molecule has 0 unspecified atom stereocenters. The Morgan fingerprint density at radius 2 is 2.44 bits per heavy atom. The normalized spacial score (nSPS) is 32.4. The molecule has 2 fully saturated rings. The van der Waals surface area contributed by atoms with Gasteiger partial charge < -0.3 is 9.47 Å². The molecule has 3 atom stereocenters. The van der Waals surface area contributed by atoms with E-state index in [2.05, 4.69) is 16.0 Å². The van der Waals surface area contributed by atoms with Crippen LogP contribution in [0.3, 0.4) is 0 Å². The van der Waals surface area contributed by atoms with Crippen LogP contribution < -0.4 is 0 Å². The number of morpholine rings is 1. The first kappa shape index (κ1) is 12.1. The van der Waals surface area contributed by atoms with Crippen LogP contribution in [0.1, 0.15) is 18.4 Å². The summed E-state index contributed by atoms with van der Waals surface area (Å²) in [5.41, 5.74) is 1.28. The lowest BCUT2D eigenvalue weighted by atomic mass is 10.1. The Hall–Kier alpha value is -0.970. The summed E-state index contributed by atoms with van der Waals surface area (Å²) in [6, 6.07) is 4.64. The highest BCUT2D eigenvalue weighted by molar-refractivity contribution is 5.09. The van der Waals surface area contributed by atoms with Crippen molar-refractivity contribution in [3.8, 4) is 0 Å². The summed E-state index contributed by atoms with van der Waals surface area (Å²) in [5.74, 6) is 0. The Morgan fingerprint density at radius 1 is 1.50 bits per heavy atom. The van der Waals surface area contributed by atoms with E-state index in [0.29, 0.717) is 6.04 Å². The molecule has 0 bridgehead atoms. The fourth-order valence-electron chi connectivity index (χ4n) is 3.17. The molecule has 1 aromatic rings. The Morgan fingerprint density at radius 3 is 3.22 bits per heavy atom. The lowest BCUT2D eigenvalue weighted by Gasteiger charge is -2.38. The maximum Gasteiger partial charge on any atom is 0.0991 e. The fourth-order valence-corrected chi connectivity index (χ4v) is 3.17. The van der Waals surface area contributed by atoms with Crippen molar-refractivity contribution in [2.45, 2.75) is 37.6 Å². The number of fused-ring (bicyclic) bond motifs is 1. The first-order valence-corrected chi connectivity index (χ1v) is 6.66. The summed E-state index contributed by atoms with van der Waals surface area (Å²) >= 11 is 0. The van der Waals surface area contributed by atoms with Gasteiger partial charge in [-0.3, -0.25) is 9.88 Å². The number of aromatic nitrogens is 1. The van der Waals surface area contributed by atoms with Gasteiger partial charge in [-0.25, -0.2) is 0 Å². The molecule has 1 aromatic heterocycles. The zero-order valence-electron chi connectivity index (χ0n) is 10.8. The molecule has 0 aromatic carbocycles. The van der Waals surface area contributed by atoms with Crippen molar-refractivity contribution in [2.75, 3.05) is 20.3 Å². The molecule has 0 amide bonds. The smallest absolute Gasteiger partial charge is 0.0991 e. The maximum absolute atomic E-state index is 5.89. The summed E-state index contributed by atoms with van der Waals surface area (Å²) < 4.78 is 11.4. The van der Waals surface area contributed by atoms with Gasteiger partial charge in [0.25, 0.3) is 0 Å². The highest BCUT2D eigenvalue weighted by Gasteiger charge is 2.42. The van der Waals surface area contributed by atoms with Crippen LogP contribution in [-0.2, 0) is 16.0 Å². The van der Waals surface area contributed by atoms with Gasteiger partial charge in [0.15, 0.2) is 0 Å². The second kappa shape index (κ2) is 5.34. The van der Waals surface area contributed by atoms with Gasteiger partial charge in [0.2, 0.25) is 0 Å². The van der Waals surface area contributed by atoms with Gasteiger partial charge in [-0.2, -0.15) is 0 Å². The molecule has 98 valence electrons. The molecule has 18 heavy (non-hydrogen) atoms. The number of methoxy groups -OCH3 is 1. The first-order chi connectivity index (χ1) is 8.88. The highest BCUT2D eigenvalue weighted by atomic mass is 16.5. The quantitative estimate of drug-likeness (QED) is 0.811. The lowest BCUT2D eigenvalue weighted by molar-refractivity contribution is -0.106. The number of nitrogens with zero attached hydrogens (tertiary/aromatic N) is 2. The van der Waals surface area contributed by atoms with Gasteiger partial charge >= 0.3 is 0 Å². The van der Waals surface area contributed by atoms with Crippen LogP contribution in [0.2, 0.25) is 0 Å². The van der Waals surface area contributed by atoms with Gasteiger partial charge in [-0.1, -0.05) is 6.07 Å². The van der Waals surface area contributed by atoms with E-state index < -0.39 is 0 Å². The Kier molecular flexibility index (Phi) is 3.59. The van der Waals surface area contributed by atoms with Crippen molar-refractivity contribution in [3.63, 3.8) is 0 Å². The molecule has 1 aliphatic heterocycles. The third-order valence-electron chi connectivity index (χ3n) is 4.06. The standard InChI is InChI=1S/C14H20N2O2/c1-17-13-5-4-12-14(13)18-8-7-16(12)10-11-3-2-6-15-9-11/h2-3,6,9,12-14H,4-5,7-8,10H2,1H3/t12-,13-,14+/m0/s1. The number of pyridine rings is 1. The first-order valence-electron chi connectivity index (χ1n) is 6.66. The van der Waals surface area contributed by atoms with Gasteiger partial charge in [0.05, 0.1) is 18.8 Å². The van der Waals surface area contributed by atoms with Crippen LogP contribution in [-0.4, -0.2) is 48.4 Å². The molecule has 4 nitrogen and oxygen atoms in total. The van der Waals surface area contributed by atoms with Gasteiger partial charge in [-0.05, 0) is 24.5 Å². The predicted molar refractivity (Wildman–Crippen MR) is 68.2 cm³/mol. The highest BCUT2D eigenvalue weighted by Crippen LogP contribution is 2.32. The predicted octanol–water partition coefficient (Wildman–Crippen LogP) is 1.46. The van der Waals surface area contributed by atoms with Crippen LogP contribution in [0.15, 0.2) is 24.5 Å². The van der Waals surface area contributed by atoms with Crippen molar-refractivity contribution < 1.29 is 9.47 Å². The Balaban J connectivity index is 1.69. The van der Waals surface area contributed by atoms with E-state index in [1.807, 2.05) is 18.5 Å². The number of ether oxygens (including phenoxy) is 2. The van der Waals surface area contributed by atoms with Gasteiger partial charge in [0, 0.05) is 38.6 Å². The SMILES string of the molecule is CO[C@H]1CC[C@H]2[C@H]1OCCN2Cc1cccnc1. The summed E-state index contributed by atoms with van der Waals surface area (Å²) in [4.78, 5) is 6.70. The van der Waals surface area contributed by atoms with Crippen LogP contribution in [0.4, 0.5) is 0 Å². The second-order valence-electron chi connectivity index (χ2n) is 5.09. The number of rotatable bonds is 3. The Labute approximate surface area is 108 Å². The number of hydrogen-bond acceptors (Lipinski definition) is 4. The monoisotopic (exact) mass is 248 g/mol. The van der Waals surface area contributed by atoms with E-state index in [4.69, 9.17) is 9.47 Å². The molecule has 3 rings (SSSR count). The average Bonchev–Trinajstić information content (AvgIpc) is 2.84. The zero-order chi connectivity index (χ0) is 12.4. The van der Waals surface area contributed by atoms with Crippen LogP contribution >= 0.6 is 0 Å². The third kappa shape index (κ3) is 2.28. The maximum atomic E-state index is 5.89. The molecule has 0 N–H and O–H groups in total. The second-order valence-corrected chi connectivity index (χ2v) is 5.09. The van der Waals surface area contributed by atoms with Gasteiger partial charge in [-0.15, -0.1) is 0 Å². The van der Waals surface area contributed by atoms with E-state index in [1.54, 1.807) is 7.11 Å². The van der Waals surface area contributed by atoms with Crippen molar-refractivity contribution >= 4 is 0 Å².